The Kier molecular flexibility index (Phi) is 6.12. The van der Waals surface area contributed by atoms with Crippen molar-refractivity contribution in [3.05, 3.63) is 138 Å². The molecule has 1 aliphatic rings. The summed E-state index contributed by atoms with van der Waals surface area (Å²) in [4.78, 5) is 4.74. The largest absolute Gasteiger partial charge is 0.285 e. The molecule has 4 aromatic rings. The molecule has 0 N–H and O–H groups in total. The summed E-state index contributed by atoms with van der Waals surface area (Å²) in [5.74, 6) is 0. The lowest BCUT2D eigenvalue weighted by atomic mass is 9.98. The molecule has 0 saturated heterocycles. The number of benzene rings is 4. The molecule has 0 spiro atoms. The number of hydrazone groups is 1. The van der Waals surface area contributed by atoms with E-state index in [4.69, 9.17) is 10.1 Å². The highest BCUT2D eigenvalue weighted by Gasteiger charge is 2.29. The van der Waals surface area contributed by atoms with Crippen molar-refractivity contribution in [3.63, 3.8) is 0 Å². The number of hydrogen-bond acceptors (Lipinski definition) is 3. The average molecular weight is 430 g/mol. The van der Waals surface area contributed by atoms with Crippen LogP contribution in [0, 0.1) is 0 Å². The molecule has 5 rings (SSSR count). The standard InChI is InChI=1S/C30H27N3/c1-23(25-11-5-2-6-12-25)31-22-24-17-19-28(20-18-24)33-30(27-15-9-4-10-16-27)21-29(32-33)26-13-7-3-8-14-26/h2-20,22-23,30H,21H2,1H3/t23-,30+/m0/s1. The van der Waals surface area contributed by atoms with E-state index in [-0.39, 0.29) is 12.1 Å². The van der Waals surface area contributed by atoms with Gasteiger partial charge < -0.3 is 0 Å². The zero-order valence-electron chi connectivity index (χ0n) is 18.8. The molecule has 0 aromatic heterocycles. The summed E-state index contributed by atoms with van der Waals surface area (Å²) in [7, 11) is 0. The van der Waals surface area contributed by atoms with E-state index in [1.54, 1.807) is 0 Å². The smallest absolute Gasteiger partial charge is 0.0831 e. The zero-order chi connectivity index (χ0) is 22.5. The van der Waals surface area contributed by atoms with Gasteiger partial charge in [-0.3, -0.25) is 10.0 Å². The van der Waals surface area contributed by atoms with Crippen molar-refractivity contribution >= 4 is 17.6 Å². The van der Waals surface area contributed by atoms with Crippen molar-refractivity contribution in [2.24, 2.45) is 10.1 Å². The van der Waals surface area contributed by atoms with Gasteiger partial charge in [0.25, 0.3) is 0 Å². The number of hydrogen-bond donors (Lipinski definition) is 0. The van der Waals surface area contributed by atoms with Gasteiger partial charge in [0.2, 0.25) is 0 Å². The lowest BCUT2D eigenvalue weighted by molar-refractivity contribution is 0.709. The van der Waals surface area contributed by atoms with Crippen LogP contribution in [0.4, 0.5) is 5.69 Å². The first-order valence-electron chi connectivity index (χ1n) is 11.4. The van der Waals surface area contributed by atoms with Crippen molar-refractivity contribution in [2.45, 2.75) is 25.4 Å². The predicted molar refractivity (Wildman–Crippen MR) is 138 cm³/mol. The summed E-state index contributed by atoms with van der Waals surface area (Å²) in [6.45, 7) is 2.12. The predicted octanol–water partition coefficient (Wildman–Crippen LogP) is 7.22. The second kappa shape index (κ2) is 9.66. The molecule has 4 aromatic carbocycles. The maximum atomic E-state index is 5.05. The highest BCUT2D eigenvalue weighted by molar-refractivity contribution is 6.03. The number of nitrogens with zero attached hydrogens (tertiary/aromatic N) is 3. The fourth-order valence-corrected chi connectivity index (χ4v) is 4.22. The normalized spacial score (nSPS) is 16.7. The molecule has 1 heterocycles. The van der Waals surface area contributed by atoms with Crippen molar-refractivity contribution < 1.29 is 0 Å². The van der Waals surface area contributed by atoms with Gasteiger partial charge in [-0.2, -0.15) is 5.10 Å². The highest BCUT2D eigenvalue weighted by atomic mass is 15.5. The Morgan fingerprint density at radius 3 is 2.06 bits per heavy atom. The van der Waals surface area contributed by atoms with Crippen LogP contribution in [0.15, 0.2) is 125 Å². The number of rotatable bonds is 6. The third-order valence-electron chi connectivity index (χ3n) is 6.09. The van der Waals surface area contributed by atoms with Crippen molar-refractivity contribution in [2.75, 3.05) is 5.01 Å². The summed E-state index contributed by atoms with van der Waals surface area (Å²) in [5, 5.41) is 7.20. The van der Waals surface area contributed by atoms with Gasteiger partial charge in [-0.1, -0.05) is 103 Å². The molecule has 2 atom stereocenters. The molecule has 33 heavy (non-hydrogen) atoms. The summed E-state index contributed by atoms with van der Waals surface area (Å²) in [6, 6.07) is 40.3. The quantitative estimate of drug-likeness (QED) is 0.297. The average Bonchev–Trinajstić information content (AvgIpc) is 3.35. The van der Waals surface area contributed by atoms with Crippen LogP contribution in [-0.2, 0) is 0 Å². The minimum Gasteiger partial charge on any atom is -0.285 e. The molecule has 3 nitrogen and oxygen atoms in total. The minimum absolute atomic E-state index is 0.130. The van der Waals surface area contributed by atoms with Gasteiger partial charge >= 0.3 is 0 Å². The third-order valence-corrected chi connectivity index (χ3v) is 6.09. The Hall–Kier alpha value is -3.98. The van der Waals surface area contributed by atoms with E-state index in [0.717, 1.165) is 23.4 Å². The zero-order valence-corrected chi connectivity index (χ0v) is 18.8. The molecule has 0 aliphatic carbocycles. The van der Waals surface area contributed by atoms with E-state index < -0.39 is 0 Å². The first-order valence-corrected chi connectivity index (χ1v) is 11.4. The molecule has 162 valence electrons. The van der Waals surface area contributed by atoms with Crippen LogP contribution in [0.3, 0.4) is 0 Å². The second-order valence-corrected chi connectivity index (χ2v) is 8.34. The van der Waals surface area contributed by atoms with Crippen LogP contribution in [0.2, 0.25) is 0 Å². The monoisotopic (exact) mass is 429 g/mol. The van der Waals surface area contributed by atoms with Crippen LogP contribution in [0.1, 0.15) is 47.7 Å². The number of aliphatic imine (C=N–C) groups is 1. The van der Waals surface area contributed by atoms with Gasteiger partial charge in [0.05, 0.1) is 23.5 Å². The van der Waals surface area contributed by atoms with Crippen LogP contribution < -0.4 is 5.01 Å². The molecule has 0 amide bonds. The summed E-state index contributed by atoms with van der Waals surface area (Å²) < 4.78 is 0. The molecule has 3 heteroatoms. The van der Waals surface area contributed by atoms with Gasteiger partial charge in [0.1, 0.15) is 0 Å². The Morgan fingerprint density at radius 2 is 1.39 bits per heavy atom. The van der Waals surface area contributed by atoms with Crippen molar-refractivity contribution in [3.8, 4) is 0 Å². The lowest BCUT2D eigenvalue weighted by Crippen LogP contribution is -2.18. The fraction of sp³-hybridized carbons (Fsp3) is 0.133. The Labute approximate surface area is 195 Å². The highest BCUT2D eigenvalue weighted by Crippen LogP contribution is 2.36. The van der Waals surface area contributed by atoms with Gasteiger partial charge in [-0.25, -0.2) is 0 Å². The van der Waals surface area contributed by atoms with E-state index in [2.05, 4.69) is 115 Å². The fourth-order valence-electron chi connectivity index (χ4n) is 4.22. The van der Waals surface area contributed by atoms with Gasteiger partial charge in [-0.15, -0.1) is 0 Å². The van der Waals surface area contributed by atoms with Gasteiger partial charge in [0.15, 0.2) is 0 Å². The first kappa shape index (κ1) is 20.9. The lowest BCUT2D eigenvalue weighted by Gasteiger charge is -2.24. The first-order chi connectivity index (χ1) is 16.3. The molecule has 0 saturated carbocycles. The summed E-state index contributed by atoms with van der Waals surface area (Å²) >= 11 is 0. The van der Waals surface area contributed by atoms with E-state index in [1.165, 1.54) is 16.7 Å². The van der Waals surface area contributed by atoms with E-state index in [0.29, 0.717) is 0 Å². The van der Waals surface area contributed by atoms with Crippen molar-refractivity contribution in [1.82, 2.24) is 0 Å². The Morgan fingerprint density at radius 1 is 0.788 bits per heavy atom. The van der Waals surface area contributed by atoms with Crippen LogP contribution in [0.25, 0.3) is 0 Å². The molecular formula is C30H27N3. The van der Waals surface area contributed by atoms with E-state index >= 15 is 0 Å². The SMILES string of the molecule is C[C@H](N=Cc1ccc(N2N=C(c3ccccc3)C[C@@H]2c2ccccc2)cc1)c1ccccc1. The van der Waals surface area contributed by atoms with Crippen LogP contribution in [-0.4, -0.2) is 11.9 Å². The van der Waals surface area contributed by atoms with Crippen LogP contribution in [0.5, 0.6) is 0 Å². The maximum absolute atomic E-state index is 5.05. The van der Waals surface area contributed by atoms with Gasteiger partial charge in [0, 0.05) is 12.6 Å². The number of anilines is 1. The van der Waals surface area contributed by atoms with Gasteiger partial charge in [-0.05, 0) is 41.3 Å². The molecule has 1 aliphatic heterocycles. The Bertz CT molecular complexity index is 1230. The van der Waals surface area contributed by atoms with E-state index in [9.17, 15) is 0 Å². The minimum atomic E-state index is 0.130. The molecule has 0 bridgehead atoms. The summed E-state index contributed by atoms with van der Waals surface area (Å²) in [5.41, 5.74) is 6.96. The Balaban J connectivity index is 1.40. The second-order valence-electron chi connectivity index (χ2n) is 8.34. The third kappa shape index (κ3) is 4.78. The van der Waals surface area contributed by atoms with Crippen molar-refractivity contribution in [1.29, 1.82) is 0 Å². The molecule has 0 radical (unpaired) electrons. The summed E-state index contributed by atoms with van der Waals surface area (Å²) in [6.07, 6.45) is 2.84. The molecule has 0 unspecified atom stereocenters. The van der Waals surface area contributed by atoms with Crippen LogP contribution >= 0.6 is 0 Å². The maximum Gasteiger partial charge on any atom is 0.0831 e. The molecule has 0 fully saturated rings. The van der Waals surface area contributed by atoms with E-state index in [1.807, 2.05) is 18.3 Å². The topological polar surface area (TPSA) is 28.0 Å². The molecular weight excluding hydrogens is 402 g/mol.